The predicted molar refractivity (Wildman–Crippen MR) is 100 cm³/mol. The van der Waals surface area contributed by atoms with Gasteiger partial charge in [0.15, 0.2) is 6.10 Å². The van der Waals surface area contributed by atoms with Crippen molar-refractivity contribution in [1.29, 1.82) is 0 Å². The first-order valence-electron chi connectivity index (χ1n) is 8.62. The third kappa shape index (κ3) is 4.35. The number of ether oxygens (including phenoxy) is 2. The second kappa shape index (κ2) is 8.51. The Hall–Kier alpha value is -3.12. The number of carbonyl (C=O) groups excluding carboxylic acids is 2. The highest BCUT2D eigenvalue weighted by Gasteiger charge is 2.25. The fraction of sp³-hybridized carbons (Fsp3) is 0.238. The zero-order valence-corrected chi connectivity index (χ0v) is 15.2. The number of para-hydroxylation sites is 1. The van der Waals surface area contributed by atoms with Crippen LogP contribution in [0, 0.1) is 0 Å². The minimum atomic E-state index is -0.954. The van der Waals surface area contributed by atoms with E-state index >= 15 is 0 Å². The van der Waals surface area contributed by atoms with E-state index in [1.165, 1.54) is 14.0 Å². The minimum absolute atomic E-state index is 0.0563. The zero-order chi connectivity index (χ0) is 19.2. The van der Waals surface area contributed by atoms with E-state index in [4.69, 9.17) is 13.9 Å². The molecule has 0 radical (unpaired) electrons. The second-order valence-corrected chi connectivity index (χ2v) is 6.09. The van der Waals surface area contributed by atoms with Gasteiger partial charge >= 0.3 is 5.97 Å². The molecule has 0 bridgehead atoms. The van der Waals surface area contributed by atoms with Crippen LogP contribution in [0.25, 0.3) is 11.0 Å². The molecule has 0 unspecified atom stereocenters. The predicted octanol–water partition coefficient (Wildman–Crippen LogP) is 3.44. The van der Waals surface area contributed by atoms with Gasteiger partial charge in [0.1, 0.15) is 5.58 Å². The molecule has 0 fully saturated rings. The van der Waals surface area contributed by atoms with Crippen molar-refractivity contribution in [3.63, 3.8) is 0 Å². The maximum absolute atomic E-state index is 12.5. The number of hydrogen-bond donors (Lipinski definition) is 1. The number of amides is 1. The van der Waals surface area contributed by atoms with Crippen LogP contribution in [0.1, 0.15) is 28.6 Å². The summed E-state index contributed by atoms with van der Waals surface area (Å²) >= 11 is 0. The van der Waals surface area contributed by atoms with Crippen LogP contribution >= 0.6 is 0 Å². The summed E-state index contributed by atoms with van der Waals surface area (Å²) in [6.45, 7) is 2.09. The minimum Gasteiger partial charge on any atom is -0.449 e. The van der Waals surface area contributed by atoms with E-state index in [0.717, 1.165) is 10.9 Å². The van der Waals surface area contributed by atoms with Gasteiger partial charge in [-0.2, -0.15) is 0 Å². The first kappa shape index (κ1) is 18.7. The number of rotatable bonds is 7. The van der Waals surface area contributed by atoms with Gasteiger partial charge in [0, 0.05) is 24.6 Å². The van der Waals surface area contributed by atoms with Crippen molar-refractivity contribution in [3.8, 4) is 0 Å². The van der Waals surface area contributed by atoms with E-state index in [1.807, 2.05) is 48.5 Å². The summed E-state index contributed by atoms with van der Waals surface area (Å²) in [4.78, 5) is 24.8. The zero-order valence-electron chi connectivity index (χ0n) is 15.2. The van der Waals surface area contributed by atoms with Gasteiger partial charge in [-0.1, -0.05) is 48.5 Å². The summed E-state index contributed by atoms with van der Waals surface area (Å²) in [6.07, 6.45) is -0.954. The van der Waals surface area contributed by atoms with E-state index in [1.54, 1.807) is 6.07 Å². The summed E-state index contributed by atoms with van der Waals surface area (Å²) in [5.74, 6) is -1.02. The van der Waals surface area contributed by atoms with E-state index < -0.39 is 12.1 Å². The second-order valence-electron chi connectivity index (χ2n) is 6.09. The van der Waals surface area contributed by atoms with E-state index in [-0.39, 0.29) is 18.3 Å². The van der Waals surface area contributed by atoms with Gasteiger partial charge in [-0.25, -0.2) is 4.79 Å². The van der Waals surface area contributed by atoms with Crippen molar-refractivity contribution in [3.05, 3.63) is 71.5 Å². The molecule has 6 heteroatoms. The summed E-state index contributed by atoms with van der Waals surface area (Å²) in [5.41, 5.74) is 2.14. The maximum atomic E-state index is 12.5. The van der Waals surface area contributed by atoms with Gasteiger partial charge in [0.25, 0.3) is 5.91 Å². The normalized spacial score (nSPS) is 11.9. The van der Waals surface area contributed by atoms with Crippen LogP contribution in [0.3, 0.4) is 0 Å². The lowest BCUT2D eigenvalue weighted by Gasteiger charge is -2.13. The quantitative estimate of drug-likeness (QED) is 0.647. The Bertz CT molecular complexity index is 932. The molecular weight excluding hydrogens is 346 g/mol. The molecule has 3 aromatic rings. The molecule has 6 nitrogen and oxygen atoms in total. The summed E-state index contributed by atoms with van der Waals surface area (Å²) in [7, 11) is 1.54. The summed E-state index contributed by atoms with van der Waals surface area (Å²) in [6, 6.07) is 16.8. The van der Waals surface area contributed by atoms with Crippen LogP contribution in [0.4, 0.5) is 0 Å². The Morgan fingerprint density at radius 2 is 1.78 bits per heavy atom. The average molecular weight is 367 g/mol. The molecule has 0 aliphatic carbocycles. The summed E-state index contributed by atoms with van der Waals surface area (Å²) < 4.78 is 16.1. The molecule has 3 rings (SSSR count). The molecule has 27 heavy (non-hydrogen) atoms. The lowest BCUT2D eigenvalue weighted by atomic mass is 10.1. The fourth-order valence-electron chi connectivity index (χ4n) is 2.75. The van der Waals surface area contributed by atoms with Crippen LogP contribution in [0.5, 0.6) is 0 Å². The van der Waals surface area contributed by atoms with Crippen molar-refractivity contribution in [2.24, 2.45) is 0 Å². The van der Waals surface area contributed by atoms with Crippen LogP contribution in [-0.4, -0.2) is 25.1 Å². The Morgan fingerprint density at radius 3 is 2.52 bits per heavy atom. The average Bonchev–Trinajstić information content (AvgIpc) is 3.06. The van der Waals surface area contributed by atoms with E-state index in [9.17, 15) is 9.59 Å². The molecule has 1 heterocycles. The third-order valence-electron chi connectivity index (χ3n) is 4.13. The van der Waals surface area contributed by atoms with Crippen molar-refractivity contribution in [2.45, 2.75) is 26.2 Å². The first-order valence-corrected chi connectivity index (χ1v) is 8.62. The van der Waals surface area contributed by atoms with Gasteiger partial charge in [-0.3, -0.25) is 4.79 Å². The lowest BCUT2D eigenvalue weighted by Crippen LogP contribution is -2.35. The number of hydrogen-bond acceptors (Lipinski definition) is 5. The highest BCUT2D eigenvalue weighted by Crippen LogP contribution is 2.27. The fourth-order valence-corrected chi connectivity index (χ4v) is 2.75. The topological polar surface area (TPSA) is 77.8 Å². The molecule has 1 amide bonds. The number of carbonyl (C=O) groups is 2. The summed E-state index contributed by atoms with van der Waals surface area (Å²) in [5, 5.41) is 3.54. The number of nitrogens with one attached hydrogen (secondary N) is 1. The van der Waals surface area contributed by atoms with Crippen molar-refractivity contribution in [1.82, 2.24) is 5.32 Å². The highest BCUT2D eigenvalue weighted by atomic mass is 16.6. The number of fused-ring (bicyclic) bond motifs is 1. The van der Waals surface area contributed by atoms with Gasteiger partial charge in [-0.15, -0.1) is 0 Å². The Kier molecular flexibility index (Phi) is 5.88. The molecule has 0 aliphatic heterocycles. The van der Waals surface area contributed by atoms with Crippen molar-refractivity contribution >= 4 is 22.8 Å². The van der Waals surface area contributed by atoms with E-state index in [0.29, 0.717) is 17.7 Å². The molecule has 0 saturated carbocycles. The molecule has 0 spiro atoms. The molecule has 0 saturated heterocycles. The third-order valence-corrected chi connectivity index (χ3v) is 4.13. The number of furan rings is 1. The largest absolute Gasteiger partial charge is 0.449 e. The number of benzene rings is 2. The molecule has 2 aromatic carbocycles. The Labute approximate surface area is 157 Å². The monoisotopic (exact) mass is 367 g/mol. The molecule has 1 aromatic heterocycles. The SMILES string of the molecule is COCc1c(C(=O)O[C@@H](C)C(=O)NCc2ccccc2)oc2ccccc12. The van der Waals surface area contributed by atoms with E-state index in [2.05, 4.69) is 5.32 Å². The number of esters is 1. The molecular formula is C21H21NO5. The Balaban J connectivity index is 1.68. The van der Waals surface area contributed by atoms with Crippen LogP contribution in [0.15, 0.2) is 59.0 Å². The first-order chi connectivity index (χ1) is 13.1. The van der Waals surface area contributed by atoms with Gasteiger partial charge in [-0.05, 0) is 18.6 Å². The maximum Gasteiger partial charge on any atom is 0.375 e. The van der Waals surface area contributed by atoms with Gasteiger partial charge in [0.2, 0.25) is 5.76 Å². The smallest absolute Gasteiger partial charge is 0.375 e. The van der Waals surface area contributed by atoms with Crippen LogP contribution in [0.2, 0.25) is 0 Å². The number of methoxy groups -OCH3 is 1. The van der Waals surface area contributed by atoms with Crippen LogP contribution in [-0.2, 0) is 27.4 Å². The molecule has 0 aliphatic rings. The van der Waals surface area contributed by atoms with Crippen molar-refractivity contribution < 1.29 is 23.5 Å². The Morgan fingerprint density at radius 1 is 1.07 bits per heavy atom. The molecule has 1 N–H and O–H groups in total. The van der Waals surface area contributed by atoms with Crippen molar-refractivity contribution in [2.75, 3.05) is 7.11 Å². The van der Waals surface area contributed by atoms with Crippen LogP contribution < -0.4 is 5.32 Å². The van der Waals surface area contributed by atoms with Gasteiger partial charge in [0.05, 0.1) is 6.61 Å². The highest BCUT2D eigenvalue weighted by molar-refractivity contribution is 5.97. The standard InChI is InChI=1S/C21H21NO5/c1-14(20(23)22-12-15-8-4-3-5-9-15)26-21(24)19-17(13-25-2)16-10-6-7-11-18(16)27-19/h3-11,14H,12-13H2,1-2H3,(H,22,23)/t14-/m0/s1. The van der Waals surface area contributed by atoms with Gasteiger partial charge < -0.3 is 19.2 Å². The molecule has 1 atom stereocenters. The lowest BCUT2D eigenvalue weighted by molar-refractivity contribution is -0.129. The molecule has 140 valence electrons.